The quantitative estimate of drug-likeness (QED) is 0.895. The minimum atomic E-state index is 0.109. The highest BCUT2D eigenvalue weighted by molar-refractivity contribution is 7.11. The molecule has 5 heteroatoms. The van der Waals surface area contributed by atoms with E-state index in [1.54, 1.807) is 11.3 Å². The van der Waals surface area contributed by atoms with Crippen LogP contribution in [0.25, 0.3) is 0 Å². The molecule has 1 fully saturated rings. The maximum absolute atomic E-state index is 6.02. The van der Waals surface area contributed by atoms with Gasteiger partial charge in [0.25, 0.3) is 0 Å². The molecule has 1 unspecified atom stereocenters. The van der Waals surface area contributed by atoms with E-state index in [0.717, 1.165) is 26.1 Å². The molecule has 2 N–H and O–H groups in total. The highest BCUT2D eigenvalue weighted by atomic mass is 32.1. The lowest BCUT2D eigenvalue weighted by Gasteiger charge is -2.33. The maximum atomic E-state index is 6.02. The average Bonchev–Trinajstić information content (AvgIpc) is 2.83. The normalized spacial score (nSPS) is 19.8. The van der Waals surface area contributed by atoms with E-state index in [2.05, 4.69) is 30.6 Å². The van der Waals surface area contributed by atoms with Gasteiger partial charge in [-0.25, -0.2) is 4.98 Å². The van der Waals surface area contributed by atoms with Crippen molar-refractivity contribution in [1.82, 2.24) is 14.8 Å². The van der Waals surface area contributed by atoms with Crippen molar-refractivity contribution in [3.05, 3.63) is 15.6 Å². The highest BCUT2D eigenvalue weighted by Gasteiger charge is 2.19. The van der Waals surface area contributed by atoms with Crippen LogP contribution in [0, 0.1) is 0 Å². The molecule has 1 aromatic heterocycles. The SMILES string of the molecule is CCc1nc(CN2CCN(CC)CC2)sc1C(C)N. The molecule has 0 amide bonds. The van der Waals surface area contributed by atoms with E-state index in [-0.39, 0.29) is 6.04 Å². The first-order chi connectivity index (χ1) is 9.13. The van der Waals surface area contributed by atoms with Gasteiger partial charge in [0.1, 0.15) is 5.01 Å². The smallest absolute Gasteiger partial charge is 0.107 e. The Balaban J connectivity index is 1.96. The van der Waals surface area contributed by atoms with Gasteiger partial charge in [-0.2, -0.15) is 0 Å². The number of rotatable bonds is 5. The Labute approximate surface area is 120 Å². The van der Waals surface area contributed by atoms with Crippen LogP contribution in [0.3, 0.4) is 0 Å². The van der Waals surface area contributed by atoms with Crippen LogP contribution < -0.4 is 5.73 Å². The van der Waals surface area contributed by atoms with E-state index in [1.807, 2.05) is 0 Å². The third kappa shape index (κ3) is 3.75. The molecule has 0 saturated carbocycles. The lowest BCUT2D eigenvalue weighted by atomic mass is 10.2. The number of thiazole rings is 1. The molecule has 1 saturated heterocycles. The van der Waals surface area contributed by atoms with Crippen LogP contribution >= 0.6 is 11.3 Å². The summed E-state index contributed by atoms with van der Waals surface area (Å²) >= 11 is 1.80. The first-order valence-electron chi connectivity index (χ1n) is 7.32. The predicted octanol–water partition coefficient (Wildman–Crippen LogP) is 1.86. The van der Waals surface area contributed by atoms with E-state index in [0.29, 0.717) is 0 Å². The van der Waals surface area contributed by atoms with E-state index in [1.165, 1.54) is 35.2 Å². The summed E-state index contributed by atoms with van der Waals surface area (Å²) in [5, 5.41) is 1.23. The largest absolute Gasteiger partial charge is 0.323 e. The molecule has 0 bridgehead atoms. The van der Waals surface area contributed by atoms with Crippen LogP contribution in [-0.2, 0) is 13.0 Å². The first-order valence-corrected chi connectivity index (χ1v) is 8.14. The van der Waals surface area contributed by atoms with Gasteiger partial charge in [0.2, 0.25) is 0 Å². The molecule has 108 valence electrons. The molecule has 0 aromatic carbocycles. The zero-order valence-electron chi connectivity index (χ0n) is 12.4. The second-order valence-corrected chi connectivity index (χ2v) is 6.39. The lowest BCUT2D eigenvalue weighted by molar-refractivity contribution is 0.132. The fourth-order valence-electron chi connectivity index (χ4n) is 2.55. The molecule has 1 aliphatic heterocycles. The van der Waals surface area contributed by atoms with Crippen molar-refractivity contribution in [2.45, 2.75) is 39.8 Å². The third-order valence-electron chi connectivity index (χ3n) is 3.79. The van der Waals surface area contributed by atoms with Gasteiger partial charge in [0, 0.05) is 37.1 Å². The Morgan fingerprint density at radius 3 is 2.32 bits per heavy atom. The first kappa shape index (κ1) is 14.9. The topological polar surface area (TPSA) is 45.4 Å². The molecule has 0 spiro atoms. The van der Waals surface area contributed by atoms with Gasteiger partial charge in [-0.3, -0.25) is 4.90 Å². The molecular formula is C14H26N4S. The minimum Gasteiger partial charge on any atom is -0.323 e. The van der Waals surface area contributed by atoms with Crippen molar-refractivity contribution < 1.29 is 0 Å². The van der Waals surface area contributed by atoms with Crippen molar-refractivity contribution in [3.63, 3.8) is 0 Å². The van der Waals surface area contributed by atoms with Gasteiger partial charge in [-0.1, -0.05) is 13.8 Å². The van der Waals surface area contributed by atoms with Crippen molar-refractivity contribution >= 4 is 11.3 Å². The van der Waals surface area contributed by atoms with Crippen molar-refractivity contribution in [3.8, 4) is 0 Å². The number of nitrogens with zero attached hydrogens (tertiary/aromatic N) is 3. The Morgan fingerprint density at radius 1 is 1.21 bits per heavy atom. The predicted molar refractivity (Wildman–Crippen MR) is 81.5 cm³/mol. The number of aromatic nitrogens is 1. The summed E-state index contributed by atoms with van der Waals surface area (Å²) < 4.78 is 0. The second-order valence-electron chi connectivity index (χ2n) is 5.27. The molecular weight excluding hydrogens is 256 g/mol. The number of nitrogens with two attached hydrogens (primary N) is 1. The fraction of sp³-hybridized carbons (Fsp3) is 0.786. The molecule has 19 heavy (non-hydrogen) atoms. The van der Waals surface area contributed by atoms with Gasteiger partial charge < -0.3 is 10.6 Å². The number of hydrogen-bond acceptors (Lipinski definition) is 5. The monoisotopic (exact) mass is 282 g/mol. The summed E-state index contributed by atoms with van der Waals surface area (Å²) in [5.41, 5.74) is 7.22. The minimum absolute atomic E-state index is 0.109. The lowest BCUT2D eigenvalue weighted by Crippen LogP contribution is -2.45. The molecule has 1 atom stereocenters. The van der Waals surface area contributed by atoms with Crippen LogP contribution in [0.2, 0.25) is 0 Å². The molecule has 1 aliphatic rings. The van der Waals surface area contributed by atoms with Crippen LogP contribution in [0.15, 0.2) is 0 Å². The number of hydrogen-bond donors (Lipinski definition) is 1. The van der Waals surface area contributed by atoms with Crippen LogP contribution in [0.4, 0.5) is 0 Å². The Kier molecular flexibility index (Phi) is 5.33. The third-order valence-corrected chi connectivity index (χ3v) is 5.07. The van der Waals surface area contributed by atoms with Gasteiger partial charge in [-0.05, 0) is 19.9 Å². The van der Waals surface area contributed by atoms with Crippen LogP contribution in [0.1, 0.15) is 42.4 Å². The molecule has 2 heterocycles. The number of piperazine rings is 1. The van der Waals surface area contributed by atoms with E-state index < -0.39 is 0 Å². The second kappa shape index (κ2) is 6.79. The van der Waals surface area contributed by atoms with Crippen molar-refractivity contribution in [1.29, 1.82) is 0 Å². The van der Waals surface area contributed by atoms with Crippen LogP contribution in [0.5, 0.6) is 0 Å². The maximum Gasteiger partial charge on any atom is 0.107 e. The van der Waals surface area contributed by atoms with E-state index in [4.69, 9.17) is 10.7 Å². The Bertz CT molecular complexity index is 394. The molecule has 0 aliphatic carbocycles. The summed E-state index contributed by atoms with van der Waals surface area (Å²) in [6, 6.07) is 0.109. The van der Waals surface area contributed by atoms with Crippen LogP contribution in [-0.4, -0.2) is 47.5 Å². The van der Waals surface area contributed by atoms with Gasteiger partial charge in [-0.15, -0.1) is 11.3 Å². The summed E-state index contributed by atoms with van der Waals surface area (Å²) in [4.78, 5) is 11.0. The molecule has 4 nitrogen and oxygen atoms in total. The van der Waals surface area contributed by atoms with E-state index >= 15 is 0 Å². The molecule has 0 radical (unpaired) electrons. The molecule has 2 rings (SSSR count). The number of aryl methyl sites for hydroxylation is 1. The number of likely N-dealkylation sites (N-methyl/N-ethyl adjacent to an activating group) is 1. The summed E-state index contributed by atoms with van der Waals surface area (Å²) in [7, 11) is 0. The fourth-order valence-corrected chi connectivity index (χ4v) is 3.70. The zero-order chi connectivity index (χ0) is 13.8. The Morgan fingerprint density at radius 2 is 1.84 bits per heavy atom. The highest BCUT2D eigenvalue weighted by Crippen LogP contribution is 2.25. The average molecular weight is 282 g/mol. The summed E-state index contributed by atoms with van der Waals surface area (Å²) in [6.07, 6.45) is 0.983. The van der Waals surface area contributed by atoms with Crippen molar-refractivity contribution in [2.75, 3.05) is 32.7 Å². The molecule has 1 aromatic rings. The van der Waals surface area contributed by atoms with Gasteiger partial charge >= 0.3 is 0 Å². The summed E-state index contributed by atoms with van der Waals surface area (Å²) in [5.74, 6) is 0. The standard InChI is InChI=1S/C14H26N4S/c1-4-12-14(11(3)15)19-13(16-12)10-18-8-6-17(5-2)7-9-18/h11H,4-10,15H2,1-3H3. The van der Waals surface area contributed by atoms with Gasteiger partial charge in [0.05, 0.1) is 12.2 Å². The van der Waals surface area contributed by atoms with E-state index in [9.17, 15) is 0 Å². The van der Waals surface area contributed by atoms with Crippen molar-refractivity contribution in [2.24, 2.45) is 5.73 Å². The Hall–Kier alpha value is -0.490. The summed E-state index contributed by atoms with van der Waals surface area (Å²) in [6.45, 7) is 13.3. The van der Waals surface area contributed by atoms with Gasteiger partial charge in [0.15, 0.2) is 0 Å². The zero-order valence-corrected chi connectivity index (χ0v) is 13.2.